The third-order valence-electron chi connectivity index (χ3n) is 4.34. The molecule has 0 radical (unpaired) electrons. The zero-order chi connectivity index (χ0) is 20.6. The number of methoxy groups -OCH3 is 2. The van der Waals surface area contributed by atoms with E-state index in [1.54, 1.807) is 26.4 Å². The number of aromatic nitrogens is 2. The van der Waals surface area contributed by atoms with Crippen molar-refractivity contribution in [3.05, 3.63) is 71.4 Å². The van der Waals surface area contributed by atoms with Gasteiger partial charge in [0.2, 0.25) is 0 Å². The number of carbonyl (C=O) groups excluding carboxylic acids is 1. The third kappa shape index (κ3) is 5.44. The summed E-state index contributed by atoms with van der Waals surface area (Å²) >= 11 is 0. The van der Waals surface area contributed by atoms with Gasteiger partial charge in [-0.05, 0) is 60.9 Å². The molecule has 29 heavy (non-hydrogen) atoms. The summed E-state index contributed by atoms with van der Waals surface area (Å²) in [7, 11) is 3.23. The van der Waals surface area contributed by atoms with Crippen molar-refractivity contribution < 1.29 is 14.3 Å². The van der Waals surface area contributed by atoms with Crippen LogP contribution in [0.1, 0.15) is 21.6 Å². The molecular weight excluding hydrogens is 368 g/mol. The SMILES string of the molecule is COc1ccc(CCNc2ccc(C(=O)Nc3cccc(C)c3)nn2)cc1OC. The first-order chi connectivity index (χ1) is 14.1. The largest absolute Gasteiger partial charge is 0.493 e. The molecule has 0 aliphatic carbocycles. The lowest BCUT2D eigenvalue weighted by molar-refractivity contribution is 0.102. The van der Waals surface area contributed by atoms with E-state index < -0.39 is 0 Å². The number of benzene rings is 2. The molecular formula is C22H24N4O3. The summed E-state index contributed by atoms with van der Waals surface area (Å²) in [6.07, 6.45) is 0.775. The second-order valence-corrected chi connectivity index (χ2v) is 6.49. The molecule has 0 aliphatic rings. The lowest BCUT2D eigenvalue weighted by Gasteiger charge is -2.10. The second kappa shape index (κ2) is 9.54. The molecule has 0 aliphatic heterocycles. The first kappa shape index (κ1) is 20.1. The Morgan fingerprint density at radius 1 is 0.966 bits per heavy atom. The molecule has 7 heteroatoms. The quantitative estimate of drug-likeness (QED) is 0.608. The van der Waals surface area contributed by atoms with E-state index in [0.29, 0.717) is 23.9 Å². The maximum absolute atomic E-state index is 12.3. The van der Waals surface area contributed by atoms with E-state index in [-0.39, 0.29) is 11.6 Å². The topological polar surface area (TPSA) is 85.4 Å². The summed E-state index contributed by atoms with van der Waals surface area (Å²) < 4.78 is 10.6. The first-order valence-electron chi connectivity index (χ1n) is 9.25. The van der Waals surface area contributed by atoms with Crippen LogP contribution in [0.5, 0.6) is 11.5 Å². The zero-order valence-corrected chi connectivity index (χ0v) is 16.7. The van der Waals surface area contributed by atoms with Gasteiger partial charge in [0, 0.05) is 12.2 Å². The lowest BCUT2D eigenvalue weighted by atomic mass is 10.1. The van der Waals surface area contributed by atoms with Gasteiger partial charge in [0.15, 0.2) is 17.2 Å². The van der Waals surface area contributed by atoms with E-state index in [1.807, 2.05) is 49.4 Å². The highest BCUT2D eigenvalue weighted by Gasteiger charge is 2.09. The predicted molar refractivity (Wildman–Crippen MR) is 113 cm³/mol. The highest BCUT2D eigenvalue weighted by molar-refractivity contribution is 6.02. The van der Waals surface area contributed by atoms with Gasteiger partial charge in [-0.1, -0.05) is 18.2 Å². The van der Waals surface area contributed by atoms with E-state index in [9.17, 15) is 4.79 Å². The molecule has 0 unspecified atom stereocenters. The van der Waals surface area contributed by atoms with Gasteiger partial charge in [-0.3, -0.25) is 4.79 Å². The summed E-state index contributed by atoms with van der Waals surface area (Å²) in [5, 5.41) is 14.1. The van der Waals surface area contributed by atoms with Gasteiger partial charge in [-0.15, -0.1) is 10.2 Å². The van der Waals surface area contributed by atoms with Crippen LogP contribution in [0.25, 0.3) is 0 Å². The van der Waals surface area contributed by atoms with Crippen molar-refractivity contribution in [2.24, 2.45) is 0 Å². The van der Waals surface area contributed by atoms with E-state index in [2.05, 4.69) is 20.8 Å². The maximum Gasteiger partial charge on any atom is 0.276 e. The average molecular weight is 392 g/mol. The minimum atomic E-state index is -0.292. The van der Waals surface area contributed by atoms with Gasteiger partial charge in [0.1, 0.15) is 5.82 Å². The summed E-state index contributed by atoms with van der Waals surface area (Å²) in [6, 6.07) is 16.8. The minimum Gasteiger partial charge on any atom is -0.493 e. The highest BCUT2D eigenvalue weighted by Crippen LogP contribution is 2.27. The molecule has 1 amide bonds. The monoisotopic (exact) mass is 392 g/mol. The number of rotatable bonds is 8. The summed E-state index contributed by atoms with van der Waals surface area (Å²) in [4.78, 5) is 12.3. The van der Waals surface area contributed by atoms with E-state index in [4.69, 9.17) is 9.47 Å². The molecule has 150 valence electrons. The van der Waals surface area contributed by atoms with Crippen molar-refractivity contribution in [3.63, 3.8) is 0 Å². The Labute approximate surface area is 170 Å². The normalized spacial score (nSPS) is 10.3. The van der Waals surface area contributed by atoms with Crippen LogP contribution in [0.3, 0.4) is 0 Å². The Kier molecular flexibility index (Phi) is 6.63. The molecule has 7 nitrogen and oxygen atoms in total. The fourth-order valence-electron chi connectivity index (χ4n) is 2.84. The number of nitrogens with one attached hydrogen (secondary N) is 2. The van der Waals surface area contributed by atoms with Gasteiger partial charge in [-0.2, -0.15) is 0 Å². The fraction of sp³-hybridized carbons (Fsp3) is 0.227. The van der Waals surface area contributed by atoms with Crippen molar-refractivity contribution in [2.45, 2.75) is 13.3 Å². The van der Waals surface area contributed by atoms with Crippen LogP contribution in [-0.4, -0.2) is 36.9 Å². The van der Waals surface area contributed by atoms with Crippen LogP contribution in [0.15, 0.2) is 54.6 Å². The van der Waals surface area contributed by atoms with Crippen molar-refractivity contribution >= 4 is 17.4 Å². The van der Waals surface area contributed by atoms with Crippen molar-refractivity contribution in [1.82, 2.24) is 10.2 Å². The smallest absolute Gasteiger partial charge is 0.276 e. The molecule has 2 N–H and O–H groups in total. The number of anilines is 2. The fourth-order valence-corrected chi connectivity index (χ4v) is 2.84. The predicted octanol–water partition coefficient (Wildman–Crippen LogP) is 3.71. The summed E-state index contributed by atoms with van der Waals surface area (Å²) in [5.74, 6) is 1.72. The molecule has 0 atom stereocenters. The molecule has 0 saturated carbocycles. The van der Waals surface area contributed by atoms with Crippen molar-refractivity contribution in [2.75, 3.05) is 31.4 Å². The molecule has 0 saturated heterocycles. The summed E-state index contributed by atoms with van der Waals surface area (Å²) in [6.45, 7) is 2.64. The molecule has 1 aromatic heterocycles. The van der Waals surface area contributed by atoms with Crippen LogP contribution in [-0.2, 0) is 6.42 Å². The standard InChI is InChI=1S/C22H24N4O3/c1-15-5-4-6-17(13-15)24-22(27)18-8-10-21(26-25-18)23-12-11-16-7-9-19(28-2)20(14-16)29-3/h4-10,13-14H,11-12H2,1-3H3,(H,23,26)(H,24,27). The van der Waals surface area contributed by atoms with Gasteiger partial charge < -0.3 is 20.1 Å². The summed E-state index contributed by atoms with van der Waals surface area (Å²) in [5.41, 5.74) is 3.17. The van der Waals surface area contributed by atoms with E-state index in [0.717, 1.165) is 23.2 Å². The molecule has 3 rings (SSSR count). The Hall–Kier alpha value is -3.61. The molecule has 3 aromatic rings. The molecule has 0 bridgehead atoms. The number of ether oxygens (including phenoxy) is 2. The third-order valence-corrected chi connectivity index (χ3v) is 4.34. The van der Waals surface area contributed by atoms with Gasteiger partial charge in [0.25, 0.3) is 5.91 Å². The van der Waals surface area contributed by atoms with E-state index >= 15 is 0 Å². The van der Waals surface area contributed by atoms with Crippen LogP contribution in [0.2, 0.25) is 0 Å². The van der Waals surface area contributed by atoms with Crippen molar-refractivity contribution in [3.8, 4) is 11.5 Å². The van der Waals surface area contributed by atoms with Gasteiger partial charge in [0.05, 0.1) is 14.2 Å². The second-order valence-electron chi connectivity index (χ2n) is 6.49. The number of nitrogens with zero attached hydrogens (tertiary/aromatic N) is 2. The molecule has 1 heterocycles. The van der Waals surface area contributed by atoms with Crippen LogP contribution in [0.4, 0.5) is 11.5 Å². The molecule has 0 spiro atoms. The Bertz CT molecular complexity index is 974. The van der Waals surface area contributed by atoms with Gasteiger partial charge >= 0.3 is 0 Å². The van der Waals surface area contributed by atoms with Gasteiger partial charge in [-0.25, -0.2) is 0 Å². The van der Waals surface area contributed by atoms with Crippen molar-refractivity contribution in [1.29, 1.82) is 0 Å². The minimum absolute atomic E-state index is 0.261. The maximum atomic E-state index is 12.3. The number of hydrogen-bond donors (Lipinski definition) is 2. The Morgan fingerprint density at radius 2 is 1.79 bits per heavy atom. The zero-order valence-electron chi connectivity index (χ0n) is 16.7. The Balaban J connectivity index is 1.53. The Morgan fingerprint density at radius 3 is 2.48 bits per heavy atom. The molecule has 2 aromatic carbocycles. The first-order valence-corrected chi connectivity index (χ1v) is 9.25. The van der Waals surface area contributed by atoms with E-state index in [1.165, 1.54) is 0 Å². The number of aryl methyl sites for hydroxylation is 1. The number of hydrogen-bond acceptors (Lipinski definition) is 6. The highest BCUT2D eigenvalue weighted by atomic mass is 16.5. The van der Waals surface area contributed by atoms with Crippen LogP contribution in [0, 0.1) is 6.92 Å². The lowest BCUT2D eigenvalue weighted by Crippen LogP contribution is -2.15. The van der Waals surface area contributed by atoms with Crippen LogP contribution >= 0.6 is 0 Å². The number of amides is 1. The van der Waals surface area contributed by atoms with Crippen LogP contribution < -0.4 is 20.1 Å². The molecule has 0 fully saturated rings. The number of carbonyl (C=O) groups is 1. The average Bonchev–Trinajstić information content (AvgIpc) is 2.74.